The van der Waals surface area contributed by atoms with Gasteiger partial charge in [-0.15, -0.1) is 0 Å². The lowest BCUT2D eigenvalue weighted by atomic mass is 10.1. The Morgan fingerprint density at radius 2 is 1.96 bits per heavy atom. The van der Waals surface area contributed by atoms with E-state index in [0.29, 0.717) is 6.42 Å². The third kappa shape index (κ3) is 12.0. The predicted molar refractivity (Wildman–Crippen MR) is 96.9 cm³/mol. The smallest absolute Gasteiger partial charge is 0.243 e. The highest BCUT2D eigenvalue weighted by Gasteiger charge is 2.23. The molecular formula is C14H26N4O3S2. The summed E-state index contributed by atoms with van der Waals surface area (Å²) in [7, 11) is 0. The highest BCUT2D eigenvalue weighted by atomic mass is 32.2. The van der Waals surface area contributed by atoms with E-state index >= 15 is 0 Å². The summed E-state index contributed by atoms with van der Waals surface area (Å²) < 4.78 is 2.50. The molecule has 0 saturated carbocycles. The van der Waals surface area contributed by atoms with Gasteiger partial charge in [0.15, 0.2) is 0 Å². The molecule has 0 fully saturated rings. The molecule has 9 heteroatoms. The molecule has 0 aliphatic carbocycles. The third-order valence-electron chi connectivity index (χ3n) is 2.80. The molecule has 0 spiro atoms. The molecule has 0 aromatic rings. The van der Waals surface area contributed by atoms with Crippen LogP contribution >= 0.6 is 24.6 Å². The Labute approximate surface area is 147 Å². The van der Waals surface area contributed by atoms with Gasteiger partial charge in [0, 0.05) is 19.5 Å². The summed E-state index contributed by atoms with van der Waals surface area (Å²) in [6.45, 7) is 4.04. The summed E-state index contributed by atoms with van der Waals surface area (Å²) >= 11 is 5.13. The maximum absolute atomic E-state index is 12.0. The van der Waals surface area contributed by atoms with Gasteiger partial charge in [0.2, 0.25) is 17.7 Å². The van der Waals surface area contributed by atoms with Gasteiger partial charge >= 0.3 is 0 Å². The Balaban J connectivity index is 4.45. The fourth-order valence-corrected chi connectivity index (χ4v) is 2.22. The molecule has 132 valence electrons. The summed E-state index contributed by atoms with van der Waals surface area (Å²) in [5.74, 6) is -0.246. The quantitative estimate of drug-likeness (QED) is 0.184. The van der Waals surface area contributed by atoms with Crippen LogP contribution in [0.5, 0.6) is 0 Å². The minimum atomic E-state index is -0.913. The Hall–Kier alpha value is -1.19. The van der Waals surface area contributed by atoms with Crippen LogP contribution in [-0.2, 0) is 14.4 Å². The van der Waals surface area contributed by atoms with E-state index in [1.165, 1.54) is 5.41 Å². The number of hydrogen-bond acceptors (Lipinski definition) is 6. The second-order valence-corrected chi connectivity index (χ2v) is 5.97. The van der Waals surface area contributed by atoms with Gasteiger partial charge in [-0.05, 0) is 36.0 Å². The van der Waals surface area contributed by atoms with Gasteiger partial charge in [0.25, 0.3) is 0 Å². The second-order valence-electron chi connectivity index (χ2n) is 4.75. The molecule has 0 aliphatic rings. The lowest BCUT2D eigenvalue weighted by molar-refractivity contribution is -0.131. The number of nitrogens with one attached hydrogen (secondary N) is 3. The van der Waals surface area contributed by atoms with Crippen molar-refractivity contribution in [3.05, 3.63) is 12.0 Å². The second kappa shape index (κ2) is 14.4. The summed E-state index contributed by atoms with van der Waals surface area (Å²) in [5.41, 5.74) is 5.34. The number of carbonyl (C=O) groups excluding carboxylic acids is 3. The van der Waals surface area contributed by atoms with Crippen molar-refractivity contribution in [3.63, 3.8) is 0 Å². The number of rotatable bonds is 13. The van der Waals surface area contributed by atoms with E-state index in [9.17, 15) is 14.4 Å². The van der Waals surface area contributed by atoms with Crippen LogP contribution in [0.4, 0.5) is 0 Å². The molecular weight excluding hydrogens is 336 g/mol. The van der Waals surface area contributed by atoms with Crippen molar-refractivity contribution in [2.75, 3.05) is 18.8 Å². The van der Waals surface area contributed by atoms with E-state index in [1.807, 2.05) is 0 Å². The Bertz CT molecular complexity index is 394. The first-order chi connectivity index (χ1) is 11.0. The predicted octanol–water partition coefficient (Wildman–Crippen LogP) is 0.334. The zero-order valence-corrected chi connectivity index (χ0v) is 14.9. The highest BCUT2D eigenvalue weighted by molar-refractivity contribution is 8.00. The number of unbranched alkanes of at least 4 members (excludes halogenated alkanes) is 2. The molecule has 7 nitrogen and oxygen atoms in total. The van der Waals surface area contributed by atoms with Gasteiger partial charge in [-0.25, -0.2) is 0 Å². The molecule has 0 saturated heterocycles. The van der Waals surface area contributed by atoms with Crippen LogP contribution in [0.25, 0.3) is 0 Å². The molecule has 23 heavy (non-hydrogen) atoms. The molecule has 0 radical (unpaired) electrons. The summed E-state index contributed by atoms with van der Waals surface area (Å²) in [5, 5.41) is 6.64. The van der Waals surface area contributed by atoms with Crippen LogP contribution < -0.4 is 21.1 Å². The lowest BCUT2D eigenvalue weighted by Gasteiger charge is -2.17. The van der Waals surface area contributed by atoms with Crippen molar-refractivity contribution in [2.24, 2.45) is 5.73 Å². The fraction of sp³-hybridized carbons (Fsp3) is 0.643. The Morgan fingerprint density at radius 3 is 2.57 bits per heavy atom. The highest BCUT2D eigenvalue weighted by Crippen LogP contribution is 2.03. The Kier molecular flexibility index (Phi) is 13.7. The van der Waals surface area contributed by atoms with Gasteiger partial charge in [0.1, 0.15) is 6.04 Å². The van der Waals surface area contributed by atoms with E-state index in [0.717, 1.165) is 37.0 Å². The van der Waals surface area contributed by atoms with Crippen molar-refractivity contribution in [1.82, 2.24) is 15.4 Å². The first kappa shape index (κ1) is 21.8. The maximum Gasteiger partial charge on any atom is 0.243 e. The minimum Gasteiger partial charge on any atom is -0.353 e. The molecule has 0 aromatic heterocycles. The topological polar surface area (TPSA) is 113 Å². The molecule has 0 aromatic carbocycles. The minimum absolute atomic E-state index is 0.139. The molecule has 3 amide bonds. The van der Waals surface area contributed by atoms with E-state index in [2.05, 4.69) is 34.6 Å². The molecule has 0 unspecified atom stereocenters. The van der Waals surface area contributed by atoms with Crippen LogP contribution in [0.3, 0.4) is 0 Å². The van der Waals surface area contributed by atoms with Crippen LogP contribution in [0.2, 0.25) is 0 Å². The van der Waals surface area contributed by atoms with E-state index in [-0.39, 0.29) is 31.3 Å². The average molecular weight is 363 g/mol. The molecule has 0 rings (SSSR count). The van der Waals surface area contributed by atoms with Crippen molar-refractivity contribution in [1.29, 1.82) is 0 Å². The standard InChI is InChI=1S/C14H26N4O3S2/c1-2-23-18-13(20)10-11(14(21)16-8-7-15)17-12(19)6-4-3-5-9-22/h2,11,22H,1,3-10,15H2,(H,16,21)(H,17,19)(H,18,20)/t11-/m0/s1. The van der Waals surface area contributed by atoms with Gasteiger partial charge < -0.3 is 16.4 Å². The number of amides is 3. The van der Waals surface area contributed by atoms with Crippen molar-refractivity contribution in [3.8, 4) is 0 Å². The average Bonchev–Trinajstić information content (AvgIpc) is 2.54. The largest absolute Gasteiger partial charge is 0.353 e. The van der Waals surface area contributed by atoms with Crippen LogP contribution in [0.15, 0.2) is 12.0 Å². The van der Waals surface area contributed by atoms with E-state index < -0.39 is 11.9 Å². The molecule has 0 aliphatic heterocycles. The Morgan fingerprint density at radius 1 is 1.22 bits per heavy atom. The van der Waals surface area contributed by atoms with E-state index in [4.69, 9.17) is 5.73 Å². The van der Waals surface area contributed by atoms with Gasteiger partial charge in [-0.2, -0.15) is 12.6 Å². The number of carbonyl (C=O) groups is 3. The number of thiol groups is 1. The van der Waals surface area contributed by atoms with Crippen LogP contribution in [0.1, 0.15) is 32.1 Å². The number of nitrogens with two attached hydrogens (primary N) is 1. The van der Waals surface area contributed by atoms with Gasteiger partial charge in [-0.3, -0.25) is 19.1 Å². The van der Waals surface area contributed by atoms with E-state index in [1.54, 1.807) is 0 Å². The third-order valence-corrected chi connectivity index (χ3v) is 3.63. The molecule has 5 N–H and O–H groups in total. The maximum atomic E-state index is 12.0. The van der Waals surface area contributed by atoms with Gasteiger partial charge in [-0.1, -0.05) is 13.0 Å². The van der Waals surface area contributed by atoms with Crippen LogP contribution in [-0.4, -0.2) is 42.6 Å². The molecule has 1 atom stereocenters. The van der Waals surface area contributed by atoms with Gasteiger partial charge in [0.05, 0.1) is 6.42 Å². The summed E-state index contributed by atoms with van der Waals surface area (Å²) in [6, 6.07) is -0.913. The summed E-state index contributed by atoms with van der Waals surface area (Å²) in [4.78, 5) is 35.7. The van der Waals surface area contributed by atoms with Crippen molar-refractivity contribution >= 4 is 42.3 Å². The normalized spacial score (nSPS) is 11.4. The SMILES string of the molecule is C=CSNC(=O)C[C@H](NC(=O)CCCCCS)C(=O)NCCN. The first-order valence-electron chi connectivity index (χ1n) is 7.48. The zero-order chi connectivity index (χ0) is 17.5. The summed E-state index contributed by atoms with van der Waals surface area (Å²) in [6.07, 6.45) is 2.74. The molecule has 0 bridgehead atoms. The fourth-order valence-electron chi connectivity index (χ4n) is 1.70. The van der Waals surface area contributed by atoms with Crippen molar-refractivity contribution < 1.29 is 14.4 Å². The molecule has 0 heterocycles. The van der Waals surface area contributed by atoms with Crippen molar-refractivity contribution in [2.45, 2.75) is 38.1 Å². The monoisotopic (exact) mass is 362 g/mol. The number of hydrogen-bond donors (Lipinski definition) is 5. The van der Waals surface area contributed by atoms with Crippen LogP contribution in [0, 0.1) is 0 Å². The lowest BCUT2D eigenvalue weighted by Crippen LogP contribution is -2.49. The zero-order valence-electron chi connectivity index (χ0n) is 13.2. The first-order valence-corrected chi connectivity index (χ1v) is 8.99.